The van der Waals surface area contributed by atoms with E-state index in [1.807, 2.05) is 32.0 Å². The lowest BCUT2D eigenvalue weighted by Gasteiger charge is -2.26. The summed E-state index contributed by atoms with van der Waals surface area (Å²) in [5.41, 5.74) is 4.25. The molecule has 0 saturated heterocycles. The first-order valence-corrected chi connectivity index (χ1v) is 11.0. The first-order chi connectivity index (χ1) is 14.4. The van der Waals surface area contributed by atoms with Gasteiger partial charge in [-0.3, -0.25) is 19.6 Å². The van der Waals surface area contributed by atoms with E-state index in [0.717, 1.165) is 43.2 Å². The maximum atomic E-state index is 13.1. The van der Waals surface area contributed by atoms with Crippen LogP contribution in [0.1, 0.15) is 79.3 Å². The van der Waals surface area contributed by atoms with Gasteiger partial charge in [-0.15, -0.1) is 0 Å². The minimum Gasteiger partial charge on any atom is -0.352 e. The normalized spacial score (nSPS) is 14.2. The molecule has 0 aliphatic heterocycles. The highest BCUT2D eigenvalue weighted by Crippen LogP contribution is 2.18. The quantitative estimate of drug-likeness (QED) is 0.309. The first-order valence-electron chi connectivity index (χ1n) is 11.0. The molecule has 166 valence electrons. The number of benzene rings is 1. The molecular weight excluding hydrogens is 382 g/mol. The average molecular weight is 418 g/mol. The number of hydrogen-bond acceptors (Lipinski definition) is 4. The molecule has 0 heterocycles. The smallest absolute Gasteiger partial charge is 0.254 e. The second-order valence-corrected chi connectivity index (χ2v) is 8.35. The number of hydroxylamine groups is 1. The molecule has 1 saturated carbocycles. The second kappa shape index (κ2) is 12.3. The summed E-state index contributed by atoms with van der Waals surface area (Å²) in [4.78, 5) is 38.5. The van der Waals surface area contributed by atoms with Crippen molar-refractivity contribution in [1.82, 2.24) is 15.7 Å². The maximum Gasteiger partial charge on any atom is 0.254 e. The number of amides is 3. The SMILES string of the molecule is Cc1cc(C)cc(C(=O)N(CCCCCC(=O)NO)CC(=O)NC2CCCCC2)c1. The van der Waals surface area contributed by atoms with Crippen molar-refractivity contribution >= 4 is 17.7 Å². The third kappa shape index (κ3) is 8.14. The first kappa shape index (κ1) is 23.9. The Kier molecular flexibility index (Phi) is 9.80. The molecule has 1 fully saturated rings. The van der Waals surface area contributed by atoms with Gasteiger partial charge in [-0.25, -0.2) is 5.48 Å². The molecule has 1 aliphatic rings. The van der Waals surface area contributed by atoms with Crippen molar-refractivity contribution in [1.29, 1.82) is 0 Å². The number of carbonyl (C=O) groups is 3. The van der Waals surface area contributed by atoms with Crippen LogP contribution in [0.4, 0.5) is 0 Å². The van der Waals surface area contributed by atoms with E-state index in [2.05, 4.69) is 5.32 Å². The molecular formula is C23H35N3O4. The van der Waals surface area contributed by atoms with E-state index in [1.165, 1.54) is 6.42 Å². The summed E-state index contributed by atoms with van der Waals surface area (Å²) in [6, 6.07) is 5.93. The van der Waals surface area contributed by atoms with Crippen LogP contribution in [0.15, 0.2) is 18.2 Å². The topological polar surface area (TPSA) is 98.7 Å². The van der Waals surface area contributed by atoms with Crippen molar-refractivity contribution in [3.05, 3.63) is 34.9 Å². The van der Waals surface area contributed by atoms with Gasteiger partial charge in [-0.1, -0.05) is 42.9 Å². The maximum absolute atomic E-state index is 13.1. The molecule has 0 unspecified atom stereocenters. The van der Waals surface area contributed by atoms with E-state index >= 15 is 0 Å². The Morgan fingerprint density at radius 2 is 1.63 bits per heavy atom. The van der Waals surface area contributed by atoms with E-state index in [-0.39, 0.29) is 30.8 Å². The lowest BCUT2D eigenvalue weighted by atomic mass is 9.95. The van der Waals surface area contributed by atoms with Crippen molar-refractivity contribution < 1.29 is 19.6 Å². The predicted octanol–water partition coefficient (Wildman–Crippen LogP) is 3.26. The summed E-state index contributed by atoms with van der Waals surface area (Å²) >= 11 is 0. The van der Waals surface area contributed by atoms with Gasteiger partial charge in [0.25, 0.3) is 5.91 Å². The Morgan fingerprint density at radius 1 is 0.967 bits per heavy atom. The van der Waals surface area contributed by atoms with Crippen molar-refractivity contribution in [3.63, 3.8) is 0 Å². The third-order valence-corrected chi connectivity index (χ3v) is 5.52. The fourth-order valence-corrected chi connectivity index (χ4v) is 4.05. The predicted molar refractivity (Wildman–Crippen MR) is 115 cm³/mol. The van der Waals surface area contributed by atoms with Gasteiger partial charge in [0.05, 0.1) is 6.54 Å². The lowest BCUT2D eigenvalue weighted by Crippen LogP contribution is -2.45. The molecule has 7 nitrogen and oxygen atoms in total. The summed E-state index contributed by atoms with van der Waals surface area (Å²) in [6.07, 6.45) is 7.77. The third-order valence-electron chi connectivity index (χ3n) is 5.52. The van der Waals surface area contributed by atoms with Crippen LogP contribution in [0.5, 0.6) is 0 Å². The molecule has 0 spiro atoms. The van der Waals surface area contributed by atoms with E-state index in [4.69, 9.17) is 5.21 Å². The number of nitrogens with one attached hydrogen (secondary N) is 2. The van der Waals surface area contributed by atoms with Crippen LogP contribution >= 0.6 is 0 Å². The highest BCUT2D eigenvalue weighted by molar-refractivity contribution is 5.96. The van der Waals surface area contributed by atoms with Gasteiger partial charge < -0.3 is 10.2 Å². The van der Waals surface area contributed by atoms with Gasteiger partial charge in [-0.05, 0) is 51.7 Å². The summed E-state index contributed by atoms with van der Waals surface area (Å²) in [7, 11) is 0. The van der Waals surface area contributed by atoms with Crippen LogP contribution in [0.25, 0.3) is 0 Å². The Hall–Kier alpha value is -2.41. The van der Waals surface area contributed by atoms with Crippen molar-refractivity contribution in [3.8, 4) is 0 Å². The van der Waals surface area contributed by atoms with E-state index in [0.29, 0.717) is 24.9 Å². The second-order valence-electron chi connectivity index (χ2n) is 8.35. The molecule has 1 aliphatic carbocycles. The number of aryl methyl sites for hydroxylation is 2. The highest BCUT2D eigenvalue weighted by Gasteiger charge is 2.22. The van der Waals surface area contributed by atoms with Gasteiger partial charge in [0.15, 0.2) is 0 Å². The highest BCUT2D eigenvalue weighted by atomic mass is 16.5. The molecule has 0 bridgehead atoms. The molecule has 3 amide bonds. The zero-order valence-electron chi connectivity index (χ0n) is 18.2. The standard InChI is InChI=1S/C23H35N3O4/c1-17-13-18(2)15-19(14-17)23(29)26(12-8-4-7-11-21(27)25-30)16-22(28)24-20-9-5-3-6-10-20/h13-15,20,30H,3-12,16H2,1-2H3,(H,24,28)(H,25,27). The number of unbranched alkanes of at least 4 members (excludes halogenated alkanes) is 2. The Balaban J connectivity index is 1.98. The van der Waals surface area contributed by atoms with E-state index in [9.17, 15) is 14.4 Å². The molecule has 1 aromatic rings. The molecule has 7 heteroatoms. The van der Waals surface area contributed by atoms with Crippen LogP contribution in [0, 0.1) is 13.8 Å². The molecule has 30 heavy (non-hydrogen) atoms. The van der Waals surface area contributed by atoms with E-state index in [1.54, 1.807) is 10.4 Å². The fraction of sp³-hybridized carbons (Fsp3) is 0.609. The fourth-order valence-electron chi connectivity index (χ4n) is 4.05. The summed E-state index contributed by atoms with van der Waals surface area (Å²) < 4.78 is 0. The number of nitrogens with zero attached hydrogens (tertiary/aromatic N) is 1. The Labute approximate surface area is 179 Å². The molecule has 0 aromatic heterocycles. The molecule has 0 atom stereocenters. The molecule has 2 rings (SSSR count). The zero-order valence-corrected chi connectivity index (χ0v) is 18.2. The van der Waals surface area contributed by atoms with Crippen molar-refractivity contribution in [2.24, 2.45) is 0 Å². The van der Waals surface area contributed by atoms with E-state index < -0.39 is 5.91 Å². The van der Waals surface area contributed by atoms with Gasteiger partial charge in [-0.2, -0.15) is 0 Å². The van der Waals surface area contributed by atoms with Crippen molar-refractivity contribution in [2.45, 2.75) is 77.7 Å². The summed E-state index contributed by atoms with van der Waals surface area (Å²) in [5.74, 6) is -0.669. The van der Waals surface area contributed by atoms with Gasteiger partial charge in [0, 0.05) is 24.6 Å². The van der Waals surface area contributed by atoms with Crippen LogP contribution in [-0.4, -0.2) is 47.0 Å². The van der Waals surface area contributed by atoms with Crippen LogP contribution < -0.4 is 10.8 Å². The average Bonchev–Trinajstić information content (AvgIpc) is 2.71. The van der Waals surface area contributed by atoms with Crippen LogP contribution in [0.2, 0.25) is 0 Å². The monoisotopic (exact) mass is 417 g/mol. The summed E-state index contributed by atoms with van der Waals surface area (Å²) in [5, 5.41) is 11.6. The number of carbonyl (C=O) groups excluding carboxylic acids is 3. The summed E-state index contributed by atoms with van der Waals surface area (Å²) in [6.45, 7) is 4.40. The molecule has 3 N–H and O–H groups in total. The minimum atomic E-state index is -0.412. The Bertz CT molecular complexity index is 709. The van der Waals surface area contributed by atoms with Gasteiger partial charge in [0.2, 0.25) is 11.8 Å². The largest absolute Gasteiger partial charge is 0.352 e. The van der Waals surface area contributed by atoms with Gasteiger partial charge >= 0.3 is 0 Å². The molecule has 0 radical (unpaired) electrons. The van der Waals surface area contributed by atoms with Gasteiger partial charge in [0.1, 0.15) is 0 Å². The number of hydrogen-bond donors (Lipinski definition) is 3. The zero-order chi connectivity index (χ0) is 21.9. The van der Waals surface area contributed by atoms with Crippen LogP contribution in [0.3, 0.4) is 0 Å². The molecule has 1 aromatic carbocycles. The Morgan fingerprint density at radius 3 is 2.27 bits per heavy atom. The van der Waals surface area contributed by atoms with Crippen molar-refractivity contribution in [2.75, 3.05) is 13.1 Å². The van der Waals surface area contributed by atoms with Crippen LogP contribution in [-0.2, 0) is 9.59 Å². The number of rotatable bonds is 10. The minimum absolute atomic E-state index is 0.0411. The lowest BCUT2D eigenvalue weighted by molar-refractivity contribution is -0.129.